The van der Waals surface area contributed by atoms with Crippen LogP contribution in [0.25, 0.3) is 0 Å². The average molecular weight is 386 g/mol. The maximum absolute atomic E-state index is 13.8. The van der Waals surface area contributed by atoms with Crippen LogP contribution >= 0.6 is 0 Å². The van der Waals surface area contributed by atoms with E-state index in [2.05, 4.69) is 25.5 Å². The molecule has 1 aliphatic heterocycles. The minimum atomic E-state index is -0.638. The number of halogens is 1. The van der Waals surface area contributed by atoms with E-state index in [4.69, 9.17) is 0 Å². The Balaban J connectivity index is 1.63. The number of carbonyl (C=O) groups is 2. The van der Waals surface area contributed by atoms with Crippen LogP contribution in [0.4, 0.5) is 20.7 Å². The monoisotopic (exact) mass is 386 g/mol. The number of hydrogen-bond donors (Lipinski definition) is 2. The van der Waals surface area contributed by atoms with Crippen LogP contribution in [0, 0.1) is 19.7 Å². The van der Waals surface area contributed by atoms with Gasteiger partial charge in [0.05, 0.1) is 5.56 Å². The lowest BCUT2D eigenvalue weighted by molar-refractivity contribution is 0.0959. The summed E-state index contributed by atoms with van der Waals surface area (Å²) in [5.41, 5.74) is 2.23. The Hall–Kier alpha value is -3.23. The van der Waals surface area contributed by atoms with Crippen molar-refractivity contribution in [3.63, 3.8) is 0 Å². The summed E-state index contributed by atoms with van der Waals surface area (Å²) in [5.74, 6) is -0.291. The molecule has 1 saturated heterocycles. The molecule has 1 aliphatic rings. The van der Waals surface area contributed by atoms with Crippen molar-refractivity contribution in [3.05, 3.63) is 47.2 Å². The van der Waals surface area contributed by atoms with Gasteiger partial charge in [0.15, 0.2) is 0 Å². The third-order valence-electron chi connectivity index (χ3n) is 4.87. The first-order chi connectivity index (χ1) is 13.4. The summed E-state index contributed by atoms with van der Waals surface area (Å²) < 4.78 is 13.8. The molecule has 1 fully saturated rings. The van der Waals surface area contributed by atoms with Crippen molar-refractivity contribution in [1.29, 1.82) is 0 Å². The molecular weight excluding hydrogens is 363 g/mol. The van der Waals surface area contributed by atoms with Crippen molar-refractivity contribution in [3.8, 4) is 0 Å². The van der Waals surface area contributed by atoms with Gasteiger partial charge >= 0.3 is 6.03 Å². The molecule has 2 heterocycles. The Bertz CT molecular complexity index is 896. The van der Waals surface area contributed by atoms with Crippen molar-refractivity contribution in [1.82, 2.24) is 20.2 Å². The molecule has 1 aromatic heterocycles. The Morgan fingerprint density at radius 2 is 1.82 bits per heavy atom. The van der Waals surface area contributed by atoms with Gasteiger partial charge in [-0.05, 0) is 32.0 Å². The van der Waals surface area contributed by atoms with Gasteiger partial charge in [0.25, 0.3) is 5.91 Å². The fourth-order valence-corrected chi connectivity index (χ4v) is 3.08. The number of anilines is 2. The number of rotatable bonds is 3. The fourth-order valence-electron chi connectivity index (χ4n) is 3.08. The maximum atomic E-state index is 13.8. The van der Waals surface area contributed by atoms with E-state index in [1.165, 1.54) is 25.2 Å². The number of benzene rings is 1. The first-order valence-corrected chi connectivity index (χ1v) is 9.01. The van der Waals surface area contributed by atoms with E-state index in [9.17, 15) is 14.0 Å². The van der Waals surface area contributed by atoms with Gasteiger partial charge in [-0.25, -0.2) is 19.2 Å². The van der Waals surface area contributed by atoms with Crippen molar-refractivity contribution >= 4 is 23.4 Å². The Morgan fingerprint density at radius 3 is 2.50 bits per heavy atom. The van der Waals surface area contributed by atoms with E-state index in [0.717, 1.165) is 17.1 Å². The predicted octanol–water partition coefficient (Wildman–Crippen LogP) is 1.95. The smallest absolute Gasteiger partial charge is 0.321 e. The number of piperazine rings is 1. The lowest BCUT2D eigenvalue weighted by Gasteiger charge is -2.36. The molecule has 0 unspecified atom stereocenters. The molecular formula is C19H23FN6O2. The molecule has 2 N–H and O–H groups in total. The van der Waals surface area contributed by atoms with E-state index in [1.807, 2.05) is 13.8 Å². The summed E-state index contributed by atoms with van der Waals surface area (Å²) in [7, 11) is 1.42. The molecule has 28 heavy (non-hydrogen) atoms. The van der Waals surface area contributed by atoms with Gasteiger partial charge in [-0.1, -0.05) is 0 Å². The third-order valence-corrected chi connectivity index (χ3v) is 4.87. The summed E-state index contributed by atoms with van der Waals surface area (Å²) in [6.07, 6.45) is 1.55. The van der Waals surface area contributed by atoms with Gasteiger partial charge in [0.1, 0.15) is 18.0 Å². The van der Waals surface area contributed by atoms with Crippen molar-refractivity contribution in [2.75, 3.05) is 43.4 Å². The van der Waals surface area contributed by atoms with E-state index < -0.39 is 11.7 Å². The highest BCUT2D eigenvalue weighted by Gasteiger charge is 2.23. The zero-order valence-electron chi connectivity index (χ0n) is 16.1. The molecule has 8 nitrogen and oxygen atoms in total. The van der Waals surface area contributed by atoms with Gasteiger partial charge < -0.3 is 20.4 Å². The standard InChI is InChI=1S/C19H23FN6O2/c1-12-13(2)22-11-23-17(12)25-6-8-26(9-7-25)19(28)24-14-4-5-16(20)15(10-14)18(27)21-3/h4-5,10-11H,6-9H2,1-3H3,(H,21,27)(H,24,28). The van der Waals surface area contributed by atoms with Crippen LogP contribution in [0.3, 0.4) is 0 Å². The van der Waals surface area contributed by atoms with Crippen LogP contribution < -0.4 is 15.5 Å². The molecule has 0 bridgehead atoms. The number of nitrogens with one attached hydrogen (secondary N) is 2. The SMILES string of the molecule is CNC(=O)c1cc(NC(=O)N2CCN(c3ncnc(C)c3C)CC2)ccc1F. The second-order valence-electron chi connectivity index (χ2n) is 6.59. The Morgan fingerprint density at radius 1 is 1.11 bits per heavy atom. The number of aryl methyl sites for hydroxylation is 1. The summed E-state index contributed by atoms with van der Waals surface area (Å²) >= 11 is 0. The normalized spacial score (nSPS) is 14.0. The first kappa shape index (κ1) is 19.5. The number of urea groups is 1. The van der Waals surface area contributed by atoms with Crippen LogP contribution in [0.15, 0.2) is 24.5 Å². The van der Waals surface area contributed by atoms with E-state index in [0.29, 0.717) is 31.9 Å². The lowest BCUT2D eigenvalue weighted by atomic mass is 10.1. The minimum Gasteiger partial charge on any atom is -0.355 e. The van der Waals surface area contributed by atoms with E-state index in [1.54, 1.807) is 11.2 Å². The van der Waals surface area contributed by atoms with E-state index in [-0.39, 0.29) is 11.6 Å². The molecule has 2 aromatic rings. The molecule has 0 aliphatic carbocycles. The molecule has 3 amide bonds. The van der Waals surface area contributed by atoms with Crippen LogP contribution in [0.5, 0.6) is 0 Å². The first-order valence-electron chi connectivity index (χ1n) is 9.01. The molecule has 0 radical (unpaired) electrons. The van der Waals surface area contributed by atoms with Gasteiger partial charge in [0.2, 0.25) is 0 Å². The highest BCUT2D eigenvalue weighted by Crippen LogP contribution is 2.20. The molecule has 0 atom stereocenters. The predicted molar refractivity (Wildman–Crippen MR) is 104 cm³/mol. The highest BCUT2D eigenvalue weighted by molar-refractivity contribution is 5.97. The van der Waals surface area contributed by atoms with Crippen LogP contribution in [0.2, 0.25) is 0 Å². The second kappa shape index (κ2) is 8.20. The molecule has 9 heteroatoms. The van der Waals surface area contributed by atoms with Crippen molar-refractivity contribution < 1.29 is 14.0 Å². The van der Waals surface area contributed by atoms with Crippen molar-refractivity contribution in [2.24, 2.45) is 0 Å². The fraction of sp³-hybridized carbons (Fsp3) is 0.368. The molecule has 3 rings (SSSR count). The van der Waals surface area contributed by atoms with Crippen LogP contribution in [-0.2, 0) is 0 Å². The van der Waals surface area contributed by atoms with Gasteiger partial charge in [-0.15, -0.1) is 0 Å². The van der Waals surface area contributed by atoms with Gasteiger partial charge in [-0.3, -0.25) is 4.79 Å². The highest BCUT2D eigenvalue weighted by atomic mass is 19.1. The average Bonchev–Trinajstić information content (AvgIpc) is 2.71. The maximum Gasteiger partial charge on any atom is 0.321 e. The van der Waals surface area contributed by atoms with Crippen LogP contribution in [0.1, 0.15) is 21.6 Å². The number of carbonyl (C=O) groups excluding carboxylic acids is 2. The van der Waals surface area contributed by atoms with Crippen LogP contribution in [-0.4, -0.2) is 60.0 Å². The minimum absolute atomic E-state index is 0.111. The molecule has 0 saturated carbocycles. The summed E-state index contributed by atoms with van der Waals surface area (Å²) in [4.78, 5) is 36.6. The number of nitrogens with zero attached hydrogens (tertiary/aromatic N) is 4. The largest absolute Gasteiger partial charge is 0.355 e. The zero-order chi connectivity index (χ0) is 20.3. The lowest BCUT2D eigenvalue weighted by Crippen LogP contribution is -2.50. The Labute approximate surface area is 162 Å². The topological polar surface area (TPSA) is 90.5 Å². The number of hydrogen-bond acceptors (Lipinski definition) is 5. The molecule has 148 valence electrons. The summed E-state index contributed by atoms with van der Waals surface area (Å²) in [5, 5.41) is 5.11. The Kier molecular flexibility index (Phi) is 5.72. The van der Waals surface area contributed by atoms with E-state index >= 15 is 0 Å². The number of amides is 3. The zero-order valence-corrected chi connectivity index (χ0v) is 16.1. The molecule has 1 aromatic carbocycles. The quantitative estimate of drug-likeness (QED) is 0.841. The summed E-state index contributed by atoms with van der Waals surface area (Å²) in [6.45, 7) is 6.28. The van der Waals surface area contributed by atoms with Crippen molar-refractivity contribution in [2.45, 2.75) is 13.8 Å². The van der Waals surface area contributed by atoms with Gasteiger partial charge in [-0.2, -0.15) is 0 Å². The second-order valence-corrected chi connectivity index (χ2v) is 6.59. The third kappa shape index (κ3) is 4.03. The molecule has 0 spiro atoms. The number of aromatic nitrogens is 2. The summed E-state index contributed by atoms with van der Waals surface area (Å²) in [6, 6.07) is 3.64. The van der Waals surface area contributed by atoms with Gasteiger partial charge in [0, 0.05) is 50.2 Å².